The first-order valence-corrected chi connectivity index (χ1v) is 4.94. The summed E-state index contributed by atoms with van der Waals surface area (Å²) in [5.41, 5.74) is 0.789. The summed E-state index contributed by atoms with van der Waals surface area (Å²) in [6.07, 6.45) is 0. The summed E-state index contributed by atoms with van der Waals surface area (Å²) in [5, 5.41) is 11.0. The van der Waals surface area contributed by atoms with Gasteiger partial charge in [-0.1, -0.05) is 0 Å². The number of nitrogens with zero attached hydrogens (tertiary/aromatic N) is 3. The average molecular weight is 235 g/mol. The van der Waals surface area contributed by atoms with Gasteiger partial charge in [0.2, 0.25) is 0 Å². The van der Waals surface area contributed by atoms with Crippen LogP contribution in [0.4, 0.5) is 10.2 Å². The maximum Gasteiger partial charge on any atom is 0.350 e. The van der Waals surface area contributed by atoms with Crippen LogP contribution < -0.4 is 0 Å². The average Bonchev–Trinajstić information content (AvgIpc) is 2.56. The number of aromatic nitrogens is 2. The van der Waals surface area contributed by atoms with Gasteiger partial charge in [0.1, 0.15) is 5.82 Å². The summed E-state index contributed by atoms with van der Waals surface area (Å²) in [6.45, 7) is 1.68. The number of hydrogen-bond donors (Lipinski definition) is 0. The van der Waals surface area contributed by atoms with E-state index < -0.39 is 4.92 Å². The van der Waals surface area contributed by atoms with Crippen LogP contribution in [0, 0.1) is 22.9 Å². The van der Waals surface area contributed by atoms with Crippen LogP contribution in [-0.2, 0) is 7.05 Å². The predicted molar refractivity (Wildman–Crippen MR) is 60.0 cm³/mol. The molecule has 0 fully saturated rings. The third-order valence-corrected chi connectivity index (χ3v) is 2.58. The molecule has 1 heterocycles. The lowest BCUT2D eigenvalue weighted by Crippen LogP contribution is -1.99. The molecule has 0 amide bonds. The first-order chi connectivity index (χ1) is 8.00. The quantitative estimate of drug-likeness (QED) is 0.593. The van der Waals surface area contributed by atoms with E-state index in [0.29, 0.717) is 11.4 Å². The number of benzene rings is 1. The molecule has 0 aliphatic carbocycles. The third kappa shape index (κ3) is 1.89. The highest BCUT2D eigenvalue weighted by molar-refractivity contribution is 5.68. The molecule has 0 saturated heterocycles. The van der Waals surface area contributed by atoms with Crippen LogP contribution in [0.15, 0.2) is 24.3 Å². The molecule has 2 rings (SSSR count). The van der Waals surface area contributed by atoms with Crippen LogP contribution >= 0.6 is 0 Å². The van der Waals surface area contributed by atoms with Gasteiger partial charge in [0.05, 0.1) is 7.05 Å². The topological polar surface area (TPSA) is 61.0 Å². The number of imidazole rings is 1. The Labute approximate surface area is 96.7 Å². The van der Waals surface area contributed by atoms with Gasteiger partial charge < -0.3 is 10.1 Å². The van der Waals surface area contributed by atoms with E-state index in [1.165, 1.54) is 28.8 Å². The molecule has 0 aliphatic rings. The van der Waals surface area contributed by atoms with Gasteiger partial charge in [0.25, 0.3) is 0 Å². The Bertz CT molecular complexity index is 575. The van der Waals surface area contributed by atoms with Crippen molar-refractivity contribution in [3.63, 3.8) is 0 Å². The van der Waals surface area contributed by atoms with Crippen molar-refractivity contribution in [2.24, 2.45) is 7.05 Å². The molecule has 0 unspecified atom stereocenters. The molecule has 0 radical (unpaired) electrons. The zero-order valence-corrected chi connectivity index (χ0v) is 9.35. The Morgan fingerprint density at radius 2 is 1.94 bits per heavy atom. The maximum atomic E-state index is 12.8. The fourth-order valence-corrected chi connectivity index (χ4v) is 1.61. The first kappa shape index (κ1) is 11.3. The van der Waals surface area contributed by atoms with Crippen LogP contribution in [0.1, 0.15) is 5.82 Å². The van der Waals surface area contributed by atoms with Gasteiger partial charge in [-0.15, -0.1) is 0 Å². The van der Waals surface area contributed by atoms with Crippen molar-refractivity contribution in [2.75, 3.05) is 0 Å². The molecular formula is C11H10FN3O2. The van der Waals surface area contributed by atoms with Crippen LogP contribution in [0.5, 0.6) is 0 Å². The lowest BCUT2D eigenvalue weighted by Gasteiger charge is -1.99. The first-order valence-electron chi connectivity index (χ1n) is 4.94. The number of nitro groups is 1. The zero-order chi connectivity index (χ0) is 12.6. The number of rotatable bonds is 2. The van der Waals surface area contributed by atoms with Gasteiger partial charge in [-0.3, -0.25) is 0 Å². The van der Waals surface area contributed by atoms with Gasteiger partial charge in [0, 0.05) is 12.5 Å². The Balaban J connectivity index is 2.63. The molecule has 0 atom stereocenters. The third-order valence-electron chi connectivity index (χ3n) is 2.58. The standard InChI is InChI=1S/C11H10FN3O2/c1-7-13-10(11(14(7)2)15(16)17)8-3-5-9(12)6-4-8/h3-6H,1-2H3. The van der Waals surface area contributed by atoms with Crippen molar-refractivity contribution in [3.8, 4) is 11.3 Å². The summed E-state index contributed by atoms with van der Waals surface area (Å²) in [6, 6.07) is 5.46. The molecule has 17 heavy (non-hydrogen) atoms. The smallest absolute Gasteiger partial charge is 0.350 e. The highest BCUT2D eigenvalue weighted by Gasteiger charge is 2.23. The summed E-state index contributed by atoms with van der Waals surface area (Å²) in [4.78, 5) is 14.6. The fourth-order valence-electron chi connectivity index (χ4n) is 1.61. The minimum Gasteiger partial charge on any atom is -0.358 e. The van der Waals surface area contributed by atoms with Gasteiger partial charge in [-0.05, 0) is 29.2 Å². The van der Waals surface area contributed by atoms with Gasteiger partial charge in [-0.2, -0.15) is 0 Å². The second kappa shape index (κ2) is 3.97. The van der Waals surface area contributed by atoms with E-state index in [4.69, 9.17) is 0 Å². The number of aryl methyl sites for hydroxylation is 1. The lowest BCUT2D eigenvalue weighted by molar-refractivity contribution is -0.391. The van der Waals surface area contributed by atoms with Crippen molar-refractivity contribution in [2.45, 2.75) is 6.92 Å². The molecule has 0 saturated carbocycles. The minimum absolute atomic E-state index is 0.0888. The van der Waals surface area contributed by atoms with Crippen LogP contribution in [0.2, 0.25) is 0 Å². The van der Waals surface area contributed by atoms with Gasteiger partial charge in [0.15, 0.2) is 11.5 Å². The Morgan fingerprint density at radius 1 is 1.35 bits per heavy atom. The van der Waals surface area contributed by atoms with Crippen molar-refractivity contribution in [1.29, 1.82) is 0 Å². The second-order valence-corrected chi connectivity index (χ2v) is 3.65. The Morgan fingerprint density at radius 3 is 2.47 bits per heavy atom. The fraction of sp³-hybridized carbons (Fsp3) is 0.182. The van der Waals surface area contributed by atoms with Crippen LogP contribution in [0.25, 0.3) is 11.3 Å². The minimum atomic E-state index is -0.487. The molecular weight excluding hydrogens is 225 g/mol. The molecule has 6 heteroatoms. The van der Waals surface area contributed by atoms with Crippen molar-refractivity contribution in [3.05, 3.63) is 46.0 Å². The van der Waals surface area contributed by atoms with E-state index in [2.05, 4.69) is 4.98 Å². The van der Waals surface area contributed by atoms with Crippen molar-refractivity contribution < 1.29 is 9.31 Å². The highest BCUT2D eigenvalue weighted by atomic mass is 19.1. The molecule has 1 aromatic heterocycles. The molecule has 0 aliphatic heterocycles. The summed E-state index contributed by atoms with van der Waals surface area (Å²) < 4.78 is 14.2. The largest absolute Gasteiger partial charge is 0.358 e. The molecule has 88 valence electrons. The summed E-state index contributed by atoms with van der Waals surface area (Å²) >= 11 is 0. The van der Waals surface area contributed by atoms with E-state index in [1.807, 2.05) is 0 Å². The van der Waals surface area contributed by atoms with E-state index in [-0.39, 0.29) is 17.3 Å². The summed E-state index contributed by atoms with van der Waals surface area (Å²) in [5.74, 6) is 0.0641. The second-order valence-electron chi connectivity index (χ2n) is 3.65. The zero-order valence-electron chi connectivity index (χ0n) is 9.35. The molecule has 5 nitrogen and oxygen atoms in total. The molecule has 2 aromatic rings. The van der Waals surface area contributed by atoms with Crippen LogP contribution in [0.3, 0.4) is 0 Å². The van der Waals surface area contributed by atoms with Crippen LogP contribution in [-0.4, -0.2) is 14.5 Å². The monoisotopic (exact) mass is 235 g/mol. The van der Waals surface area contributed by atoms with Gasteiger partial charge >= 0.3 is 5.82 Å². The SMILES string of the molecule is Cc1nc(-c2ccc(F)cc2)c([N+](=O)[O-])n1C. The van der Waals surface area contributed by atoms with E-state index in [9.17, 15) is 14.5 Å². The number of halogens is 1. The molecule has 0 bridgehead atoms. The van der Waals surface area contributed by atoms with Gasteiger partial charge in [-0.25, -0.2) is 13.9 Å². The Hall–Kier alpha value is -2.24. The Kier molecular flexibility index (Phi) is 2.63. The predicted octanol–water partition coefficient (Wildman–Crippen LogP) is 2.44. The van der Waals surface area contributed by atoms with E-state index in [1.54, 1.807) is 14.0 Å². The van der Waals surface area contributed by atoms with Crippen molar-refractivity contribution >= 4 is 5.82 Å². The molecule has 1 aromatic carbocycles. The molecule has 0 spiro atoms. The van der Waals surface area contributed by atoms with Crippen molar-refractivity contribution in [1.82, 2.24) is 9.55 Å². The molecule has 0 N–H and O–H groups in total. The van der Waals surface area contributed by atoms with E-state index in [0.717, 1.165) is 0 Å². The number of hydrogen-bond acceptors (Lipinski definition) is 3. The normalized spacial score (nSPS) is 10.5. The summed E-state index contributed by atoms with van der Waals surface area (Å²) in [7, 11) is 1.58. The van der Waals surface area contributed by atoms with E-state index >= 15 is 0 Å². The lowest BCUT2D eigenvalue weighted by atomic mass is 10.1. The maximum absolute atomic E-state index is 12.8. The highest BCUT2D eigenvalue weighted by Crippen LogP contribution is 2.29.